The van der Waals surface area contributed by atoms with Crippen LogP contribution < -0.4 is 0 Å². The summed E-state index contributed by atoms with van der Waals surface area (Å²) in [6.45, 7) is 2.56. The molecular formula is C10H16BrN3O2. The fraction of sp³-hybridized carbons (Fsp3) is 0.800. The summed E-state index contributed by atoms with van der Waals surface area (Å²) in [5.41, 5.74) is 0.686. The van der Waals surface area contributed by atoms with E-state index in [0.717, 1.165) is 12.8 Å². The summed E-state index contributed by atoms with van der Waals surface area (Å²) in [7, 11) is 1.77. The average molecular weight is 290 g/mol. The highest BCUT2D eigenvalue weighted by molar-refractivity contribution is 9.10. The summed E-state index contributed by atoms with van der Waals surface area (Å²) in [4.78, 5) is 0. The number of hydrogen-bond donors (Lipinski definition) is 1. The molecule has 0 aromatic carbocycles. The highest BCUT2D eigenvalue weighted by atomic mass is 79.9. The quantitative estimate of drug-likeness (QED) is 0.891. The summed E-state index contributed by atoms with van der Waals surface area (Å²) in [5, 5.41) is 18.1. The summed E-state index contributed by atoms with van der Waals surface area (Å²) in [6.07, 6.45) is 1.45. The summed E-state index contributed by atoms with van der Waals surface area (Å²) < 4.78 is 7.80. The molecule has 2 unspecified atom stereocenters. The zero-order valence-electron chi connectivity index (χ0n) is 9.43. The molecule has 0 spiro atoms. The smallest absolute Gasteiger partial charge is 0.154 e. The minimum absolute atomic E-state index is 0.140. The maximum absolute atomic E-state index is 10.3. The first-order chi connectivity index (χ1) is 7.65. The van der Waals surface area contributed by atoms with E-state index in [9.17, 15) is 5.11 Å². The molecule has 2 rings (SSSR count). The number of nitrogens with zero attached hydrogens (tertiary/aromatic N) is 3. The second-order valence-electron chi connectivity index (χ2n) is 4.09. The number of aryl methyl sites for hydroxylation is 1. The monoisotopic (exact) mass is 289 g/mol. The van der Waals surface area contributed by atoms with E-state index >= 15 is 0 Å². The molecule has 1 aliphatic carbocycles. The lowest BCUT2D eigenvalue weighted by Crippen LogP contribution is -2.26. The molecule has 1 aromatic heterocycles. The van der Waals surface area contributed by atoms with Crippen molar-refractivity contribution in [3.05, 3.63) is 10.3 Å². The van der Waals surface area contributed by atoms with Crippen LogP contribution >= 0.6 is 15.9 Å². The van der Waals surface area contributed by atoms with Crippen LogP contribution in [0.5, 0.6) is 0 Å². The Bertz CT molecular complexity index is 345. The molecule has 0 radical (unpaired) electrons. The van der Waals surface area contributed by atoms with Crippen molar-refractivity contribution in [1.29, 1.82) is 0 Å². The molecule has 0 amide bonds. The predicted molar refractivity (Wildman–Crippen MR) is 61.8 cm³/mol. The Hall–Kier alpha value is -0.460. The van der Waals surface area contributed by atoms with E-state index in [1.54, 1.807) is 11.7 Å². The average Bonchev–Trinajstić information content (AvgIpc) is 3.02. The Balaban J connectivity index is 2.18. The Morgan fingerprint density at radius 3 is 2.75 bits per heavy atom. The van der Waals surface area contributed by atoms with Crippen molar-refractivity contribution >= 4 is 15.9 Å². The molecule has 0 aliphatic heterocycles. The van der Waals surface area contributed by atoms with Gasteiger partial charge in [-0.1, -0.05) is 5.21 Å². The van der Waals surface area contributed by atoms with E-state index in [1.165, 1.54) is 0 Å². The summed E-state index contributed by atoms with van der Waals surface area (Å²) in [6, 6.07) is 0. The largest absolute Gasteiger partial charge is 0.384 e. The molecule has 0 saturated heterocycles. The van der Waals surface area contributed by atoms with Gasteiger partial charge in [0.05, 0.1) is 6.10 Å². The normalized spacial score (nSPS) is 19.8. The maximum atomic E-state index is 10.3. The van der Waals surface area contributed by atoms with Crippen LogP contribution in [0.25, 0.3) is 0 Å². The highest BCUT2D eigenvalue weighted by Crippen LogP contribution is 2.40. The summed E-state index contributed by atoms with van der Waals surface area (Å²) >= 11 is 3.30. The number of rotatable bonds is 5. The fourth-order valence-corrected chi connectivity index (χ4v) is 2.47. The lowest BCUT2D eigenvalue weighted by atomic mass is 10.1. The van der Waals surface area contributed by atoms with E-state index < -0.39 is 6.10 Å². The van der Waals surface area contributed by atoms with E-state index in [2.05, 4.69) is 26.2 Å². The van der Waals surface area contributed by atoms with Crippen LogP contribution in [0.2, 0.25) is 0 Å². The third kappa shape index (κ3) is 2.28. The third-order valence-corrected chi connectivity index (χ3v) is 3.43. The van der Waals surface area contributed by atoms with Gasteiger partial charge in [0.2, 0.25) is 0 Å². The Labute approximate surface area is 103 Å². The van der Waals surface area contributed by atoms with E-state index in [-0.39, 0.29) is 6.10 Å². The number of halogens is 1. The van der Waals surface area contributed by atoms with Gasteiger partial charge < -0.3 is 9.84 Å². The lowest BCUT2D eigenvalue weighted by molar-refractivity contribution is -0.0495. The van der Waals surface area contributed by atoms with E-state index in [1.807, 2.05) is 6.92 Å². The predicted octanol–water partition coefficient (Wildman–Crippen LogP) is 1.43. The van der Waals surface area contributed by atoms with Crippen LogP contribution in [-0.2, 0) is 11.8 Å². The number of hydrogen-bond acceptors (Lipinski definition) is 4. The molecule has 1 fully saturated rings. The topological polar surface area (TPSA) is 60.2 Å². The molecule has 1 heterocycles. The molecule has 16 heavy (non-hydrogen) atoms. The zero-order chi connectivity index (χ0) is 11.7. The maximum Gasteiger partial charge on any atom is 0.154 e. The molecule has 1 aromatic rings. The first kappa shape index (κ1) is 12.0. The van der Waals surface area contributed by atoms with Gasteiger partial charge in [-0.05, 0) is 41.6 Å². The van der Waals surface area contributed by atoms with Crippen molar-refractivity contribution in [2.45, 2.75) is 32.0 Å². The fourth-order valence-electron chi connectivity index (χ4n) is 1.91. The van der Waals surface area contributed by atoms with Gasteiger partial charge >= 0.3 is 0 Å². The second-order valence-corrected chi connectivity index (χ2v) is 4.84. The first-order valence-electron chi connectivity index (χ1n) is 5.49. The van der Waals surface area contributed by atoms with Crippen LogP contribution in [-0.4, -0.2) is 32.8 Å². The standard InChI is InChI=1S/C10H16BrN3O2/c1-3-16-9(6-4-5-6)8(15)7-10(11)12-13-14(7)2/h6,8-9,15H,3-5H2,1-2H3. The van der Waals surface area contributed by atoms with Crippen LogP contribution in [0.3, 0.4) is 0 Å². The van der Waals surface area contributed by atoms with Crippen LogP contribution in [0.1, 0.15) is 31.6 Å². The van der Waals surface area contributed by atoms with E-state index in [0.29, 0.717) is 22.8 Å². The van der Waals surface area contributed by atoms with Crippen LogP contribution in [0.15, 0.2) is 4.60 Å². The molecular weight excluding hydrogens is 274 g/mol. The number of aromatic nitrogens is 3. The Morgan fingerprint density at radius 1 is 1.62 bits per heavy atom. The Morgan fingerprint density at radius 2 is 2.31 bits per heavy atom. The molecule has 1 N–H and O–H groups in total. The number of aliphatic hydroxyl groups excluding tert-OH is 1. The molecule has 5 nitrogen and oxygen atoms in total. The second kappa shape index (κ2) is 4.81. The van der Waals surface area contributed by atoms with E-state index in [4.69, 9.17) is 4.74 Å². The van der Waals surface area contributed by atoms with Gasteiger partial charge in [-0.15, -0.1) is 5.10 Å². The SMILES string of the molecule is CCOC(C1CC1)C(O)c1c(Br)nnn1C. The molecule has 6 heteroatoms. The van der Waals surface area contributed by atoms with Gasteiger partial charge in [-0.25, -0.2) is 4.68 Å². The van der Waals surface area contributed by atoms with Crippen molar-refractivity contribution in [3.8, 4) is 0 Å². The van der Waals surface area contributed by atoms with Crippen molar-refractivity contribution < 1.29 is 9.84 Å². The van der Waals surface area contributed by atoms with Crippen molar-refractivity contribution in [2.24, 2.45) is 13.0 Å². The van der Waals surface area contributed by atoms with Crippen LogP contribution in [0.4, 0.5) is 0 Å². The molecule has 2 atom stereocenters. The Kier molecular flexibility index (Phi) is 3.61. The molecule has 1 aliphatic rings. The lowest BCUT2D eigenvalue weighted by Gasteiger charge is -2.22. The van der Waals surface area contributed by atoms with Gasteiger partial charge in [0.25, 0.3) is 0 Å². The minimum atomic E-state index is -0.665. The third-order valence-electron chi connectivity index (χ3n) is 2.86. The first-order valence-corrected chi connectivity index (χ1v) is 6.29. The van der Waals surface area contributed by atoms with Gasteiger partial charge in [-0.2, -0.15) is 0 Å². The summed E-state index contributed by atoms with van der Waals surface area (Å²) in [5.74, 6) is 0.469. The highest BCUT2D eigenvalue weighted by Gasteiger charge is 2.39. The minimum Gasteiger partial charge on any atom is -0.384 e. The zero-order valence-corrected chi connectivity index (χ0v) is 11.0. The molecule has 0 bridgehead atoms. The van der Waals surface area contributed by atoms with Gasteiger partial charge in [-0.3, -0.25) is 0 Å². The van der Waals surface area contributed by atoms with Crippen molar-refractivity contribution in [2.75, 3.05) is 6.61 Å². The number of ether oxygens (including phenoxy) is 1. The van der Waals surface area contributed by atoms with Gasteiger partial charge in [0.15, 0.2) is 4.60 Å². The van der Waals surface area contributed by atoms with Gasteiger partial charge in [0.1, 0.15) is 11.8 Å². The van der Waals surface area contributed by atoms with Crippen molar-refractivity contribution in [1.82, 2.24) is 15.0 Å². The van der Waals surface area contributed by atoms with Crippen molar-refractivity contribution in [3.63, 3.8) is 0 Å². The molecule has 1 saturated carbocycles. The van der Waals surface area contributed by atoms with Gasteiger partial charge in [0, 0.05) is 13.7 Å². The number of aliphatic hydroxyl groups is 1. The van der Waals surface area contributed by atoms with Crippen LogP contribution in [0, 0.1) is 5.92 Å². The molecule has 90 valence electrons.